The van der Waals surface area contributed by atoms with E-state index in [9.17, 15) is 9.59 Å². The number of nitrogens with two attached hydrogens (primary N) is 1. The summed E-state index contributed by atoms with van der Waals surface area (Å²) in [6, 6.07) is 0. The summed E-state index contributed by atoms with van der Waals surface area (Å²) < 4.78 is 4.61. The largest absolute Gasteiger partial charge is 0.469 e. The molecule has 0 bridgehead atoms. The molecule has 0 rings (SSSR count). The van der Waals surface area contributed by atoms with Gasteiger partial charge in [0.15, 0.2) is 0 Å². The van der Waals surface area contributed by atoms with E-state index >= 15 is 0 Å². The molecule has 0 aliphatic carbocycles. The molecule has 0 fully saturated rings. The van der Waals surface area contributed by atoms with Crippen molar-refractivity contribution in [1.82, 2.24) is 5.32 Å². The maximum atomic E-state index is 11.4. The molecule has 0 radical (unpaired) electrons. The highest BCUT2D eigenvalue weighted by molar-refractivity contribution is 5.86. The van der Waals surface area contributed by atoms with Gasteiger partial charge in [-0.05, 0) is 27.7 Å². The first-order chi connectivity index (χ1) is 6.61. The van der Waals surface area contributed by atoms with E-state index in [0.29, 0.717) is 0 Å². The molecule has 0 saturated heterocycles. The van der Waals surface area contributed by atoms with Gasteiger partial charge in [0, 0.05) is 6.54 Å². The first-order valence-corrected chi connectivity index (χ1v) is 4.77. The standard InChI is InChI=1S/C10H20N2O3.ClH/c1-9(2,8(14)15-5)6-12-7(13)10(3,4)11;/h6,11H2,1-5H3,(H,12,13);1H. The summed E-state index contributed by atoms with van der Waals surface area (Å²) >= 11 is 0. The van der Waals surface area contributed by atoms with Crippen molar-refractivity contribution >= 4 is 24.3 Å². The average Bonchev–Trinajstić information content (AvgIpc) is 2.11. The Morgan fingerprint density at radius 2 is 1.69 bits per heavy atom. The van der Waals surface area contributed by atoms with Crippen LogP contribution in [0.15, 0.2) is 0 Å². The molecular formula is C10H21ClN2O3. The van der Waals surface area contributed by atoms with Crippen LogP contribution in [0.2, 0.25) is 0 Å². The molecule has 16 heavy (non-hydrogen) atoms. The average molecular weight is 253 g/mol. The Balaban J connectivity index is 0. The maximum absolute atomic E-state index is 11.4. The van der Waals surface area contributed by atoms with Crippen molar-refractivity contribution in [3.63, 3.8) is 0 Å². The number of rotatable bonds is 4. The molecule has 96 valence electrons. The minimum absolute atomic E-state index is 0. The van der Waals surface area contributed by atoms with Gasteiger partial charge in [-0.3, -0.25) is 9.59 Å². The SMILES string of the molecule is COC(=O)C(C)(C)CNC(=O)C(C)(C)N.Cl. The van der Waals surface area contributed by atoms with Gasteiger partial charge in [-0.2, -0.15) is 0 Å². The van der Waals surface area contributed by atoms with Crippen LogP contribution >= 0.6 is 12.4 Å². The fraction of sp³-hybridized carbons (Fsp3) is 0.800. The predicted octanol–water partition coefficient (Wildman–Crippen LogP) is 0.461. The minimum Gasteiger partial charge on any atom is -0.469 e. The zero-order chi connectivity index (χ0) is 12.3. The fourth-order valence-electron chi connectivity index (χ4n) is 0.878. The molecule has 0 unspecified atom stereocenters. The smallest absolute Gasteiger partial charge is 0.313 e. The van der Waals surface area contributed by atoms with Crippen LogP contribution in [0, 0.1) is 5.41 Å². The molecule has 3 N–H and O–H groups in total. The van der Waals surface area contributed by atoms with Gasteiger partial charge in [-0.15, -0.1) is 12.4 Å². The Morgan fingerprint density at radius 3 is 2.00 bits per heavy atom. The highest BCUT2D eigenvalue weighted by Crippen LogP contribution is 2.15. The first kappa shape index (κ1) is 17.6. The molecule has 0 aromatic heterocycles. The quantitative estimate of drug-likeness (QED) is 0.713. The van der Waals surface area contributed by atoms with Crippen molar-refractivity contribution in [3.05, 3.63) is 0 Å². The Kier molecular flexibility index (Phi) is 6.65. The Morgan fingerprint density at radius 1 is 1.25 bits per heavy atom. The summed E-state index contributed by atoms with van der Waals surface area (Å²) in [5.74, 6) is -0.655. The van der Waals surface area contributed by atoms with Gasteiger partial charge in [-0.25, -0.2) is 0 Å². The predicted molar refractivity (Wildman–Crippen MR) is 64.3 cm³/mol. The molecular weight excluding hydrogens is 232 g/mol. The van der Waals surface area contributed by atoms with E-state index < -0.39 is 11.0 Å². The van der Waals surface area contributed by atoms with Crippen LogP contribution in [-0.2, 0) is 14.3 Å². The highest BCUT2D eigenvalue weighted by Gasteiger charge is 2.31. The molecule has 0 atom stereocenters. The third-order valence-electron chi connectivity index (χ3n) is 2.01. The Labute approximate surface area is 103 Å². The summed E-state index contributed by atoms with van der Waals surface area (Å²) in [5, 5.41) is 2.61. The second kappa shape index (κ2) is 6.06. The van der Waals surface area contributed by atoms with E-state index in [-0.39, 0.29) is 30.8 Å². The second-order valence-electron chi connectivity index (χ2n) is 4.78. The molecule has 0 aliphatic rings. The zero-order valence-electron chi connectivity index (χ0n) is 10.4. The van der Waals surface area contributed by atoms with Crippen LogP contribution in [-0.4, -0.2) is 31.1 Å². The number of nitrogens with one attached hydrogen (secondary N) is 1. The number of halogens is 1. The highest BCUT2D eigenvalue weighted by atomic mass is 35.5. The van der Waals surface area contributed by atoms with Crippen LogP contribution < -0.4 is 11.1 Å². The van der Waals surface area contributed by atoms with E-state index in [1.165, 1.54) is 7.11 Å². The van der Waals surface area contributed by atoms with E-state index in [1.807, 2.05) is 0 Å². The summed E-state index contributed by atoms with van der Waals surface area (Å²) in [4.78, 5) is 22.7. The first-order valence-electron chi connectivity index (χ1n) is 4.77. The van der Waals surface area contributed by atoms with Gasteiger partial charge in [0.2, 0.25) is 5.91 Å². The third kappa shape index (κ3) is 5.32. The van der Waals surface area contributed by atoms with Crippen LogP contribution in [0.3, 0.4) is 0 Å². The number of ether oxygens (including phenoxy) is 1. The monoisotopic (exact) mass is 252 g/mol. The lowest BCUT2D eigenvalue weighted by molar-refractivity contribution is -0.150. The zero-order valence-corrected chi connectivity index (χ0v) is 11.2. The number of amides is 1. The number of esters is 1. The summed E-state index contributed by atoms with van der Waals surface area (Å²) in [6.07, 6.45) is 0. The van der Waals surface area contributed by atoms with Gasteiger partial charge in [0.05, 0.1) is 18.1 Å². The van der Waals surface area contributed by atoms with Crippen LogP contribution in [0.25, 0.3) is 0 Å². The topological polar surface area (TPSA) is 81.4 Å². The molecule has 0 saturated carbocycles. The molecule has 5 nitrogen and oxygen atoms in total. The van der Waals surface area contributed by atoms with Gasteiger partial charge in [0.25, 0.3) is 0 Å². The van der Waals surface area contributed by atoms with E-state index in [4.69, 9.17) is 5.73 Å². The van der Waals surface area contributed by atoms with Crippen LogP contribution in [0.1, 0.15) is 27.7 Å². The van der Waals surface area contributed by atoms with Crippen molar-refractivity contribution in [2.75, 3.05) is 13.7 Å². The maximum Gasteiger partial charge on any atom is 0.313 e. The molecule has 0 aromatic rings. The van der Waals surface area contributed by atoms with Gasteiger partial charge in [0.1, 0.15) is 0 Å². The number of hydrogen-bond donors (Lipinski definition) is 2. The molecule has 0 aromatic carbocycles. The lowest BCUT2D eigenvalue weighted by Crippen LogP contribution is -2.52. The van der Waals surface area contributed by atoms with Gasteiger partial charge in [-0.1, -0.05) is 0 Å². The van der Waals surface area contributed by atoms with Crippen molar-refractivity contribution < 1.29 is 14.3 Å². The summed E-state index contributed by atoms with van der Waals surface area (Å²) in [6.45, 7) is 6.81. The van der Waals surface area contributed by atoms with E-state index in [0.717, 1.165) is 0 Å². The van der Waals surface area contributed by atoms with E-state index in [1.54, 1.807) is 27.7 Å². The van der Waals surface area contributed by atoms with Crippen LogP contribution in [0.4, 0.5) is 0 Å². The van der Waals surface area contributed by atoms with Gasteiger partial charge < -0.3 is 15.8 Å². The molecule has 0 aliphatic heterocycles. The minimum atomic E-state index is -0.938. The Hall–Kier alpha value is -0.810. The van der Waals surface area contributed by atoms with E-state index in [2.05, 4.69) is 10.1 Å². The fourth-order valence-corrected chi connectivity index (χ4v) is 0.878. The number of carbonyl (C=O) groups excluding carboxylic acids is 2. The number of carbonyl (C=O) groups is 2. The normalized spacial score (nSPS) is 11.4. The molecule has 0 spiro atoms. The van der Waals surface area contributed by atoms with Gasteiger partial charge >= 0.3 is 5.97 Å². The van der Waals surface area contributed by atoms with Crippen molar-refractivity contribution in [2.24, 2.45) is 11.1 Å². The van der Waals surface area contributed by atoms with Crippen molar-refractivity contribution in [3.8, 4) is 0 Å². The lowest BCUT2D eigenvalue weighted by atomic mass is 9.93. The molecule has 0 heterocycles. The number of methoxy groups -OCH3 is 1. The third-order valence-corrected chi connectivity index (χ3v) is 2.01. The number of hydrogen-bond acceptors (Lipinski definition) is 4. The van der Waals surface area contributed by atoms with Crippen molar-refractivity contribution in [2.45, 2.75) is 33.2 Å². The molecule has 6 heteroatoms. The Bertz CT molecular complexity index is 259. The summed E-state index contributed by atoms with van der Waals surface area (Å²) in [7, 11) is 1.32. The second-order valence-corrected chi connectivity index (χ2v) is 4.78. The van der Waals surface area contributed by atoms with Crippen molar-refractivity contribution in [1.29, 1.82) is 0 Å². The molecule has 1 amide bonds. The van der Waals surface area contributed by atoms with Crippen LogP contribution in [0.5, 0.6) is 0 Å². The lowest BCUT2D eigenvalue weighted by Gasteiger charge is -2.24. The summed E-state index contributed by atoms with van der Waals surface area (Å²) in [5.41, 5.74) is 3.91.